The van der Waals surface area contributed by atoms with Crippen molar-refractivity contribution in [1.29, 1.82) is 0 Å². The van der Waals surface area contributed by atoms with E-state index in [2.05, 4.69) is 6.92 Å². The molecule has 0 amide bonds. The molecule has 112 valence electrons. The Bertz CT molecular complexity index is 543. The molecule has 0 aliphatic carbocycles. The molecular weight excluding hydrogens is 292 g/mol. The van der Waals surface area contributed by atoms with Crippen LogP contribution in [0.25, 0.3) is 0 Å². The van der Waals surface area contributed by atoms with E-state index in [9.17, 15) is 8.42 Å². The van der Waals surface area contributed by atoms with Crippen LogP contribution in [0.5, 0.6) is 0 Å². The summed E-state index contributed by atoms with van der Waals surface area (Å²) in [4.78, 5) is 1.05. The third-order valence-electron chi connectivity index (χ3n) is 3.57. The monoisotopic (exact) mass is 314 g/mol. The van der Waals surface area contributed by atoms with E-state index in [-0.39, 0.29) is 11.8 Å². The van der Waals surface area contributed by atoms with Crippen molar-refractivity contribution in [2.24, 2.45) is 5.92 Å². The summed E-state index contributed by atoms with van der Waals surface area (Å²) < 4.78 is 26.3. The molecule has 1 aliphatic heterocycles. The molecule has 2 rings (SSSR count). The molecule has 1 saturated heterocycles. The Balaban J connectivity index is 1.88. The molecule has 0 spiro atoms. The maximum Gasteiger partial charge on any atom is 0.215 e. The van der Waals surface area contributed by atoms with Crippen molar-refractivity contribution >= 4 is 27.5 Å². The summed E-state index contributed by atoms with van der Waals surface area (Å²) in [5, 5.41) is 0. The Morgan fingerprint density at radius 3 is 2.50 bits per heavy atom. The van der Waals surface area contributed by atoms with Crippen LogP contribution < -0.4 is 5.73 Å². The molecular formula is C14H22N2O2S2. The molecule has 2 unspecified atom stereocenters. The zero-order valence-electron chi connectivity index (χ0n) is 12.0. The first kappa shape index (κ1) is 15.7. The molecule has 6 heteroatoms. The Morgan fingerprint density at radius 2 is 1.95 bits per heavy atom. The van der Waals surface area contributed by atoms with E-state index in [0.29, 0.717) is 18.2 Å². The van der Waals surface area contributed by atoms with Gasteiger partial charge >= 0.3 is 0 Å². The Labute approximate surface area is 125 Å². The highest BCUT2D eigenvalue weighted by Gasteiger charge is 2.34. The van der Waals surface area contributed by atoms with E-state index in [0.717, 1.165) is 17.0 Å². The minimum Gasteiger partial charge on any atom is -0.399 e. The van der Waals surface area contributed by atoms with Crippen LogP contribution in [-0.4, -0.2) is 36.8 Å². The number of hydrogen-bond donors (Lipinski definition) is 1. The minimum atomic E-state index is -3.13. The first-order valence-electron chi connectivity index (χ1n) is 6.86. The quantitative estimate of drug-likeness (QED) is 0.670. The summed E-state index contributed by atoms with van der Waals surface area (Å²) in [6.07, 6.45) is 0.963. The zero-order valence-corrected chi connectivity index (χ0v) is 13.6. The lowest BCUT2D eigenvalue weighted by atomic mass is 10.1. The van der Waals surface area contributed by atoms with Gasteiger partial charge in [-0.25, -0.2) is 8.42 Å². The molecule has 4 nitrogen and oxygen atoms in total. The van der Waals surface area contributed by atoms with Crippen LogP contribution in [0.1, 0.15) is 20.3 Å². The fraction of sp³-hybridized carbons (Fsp3) is 0.571. The van der Waals surface area contributed by atoms with Gasteiger partial charge in [-0.15, -0.1) is 11.8 Å². The summed E-state index contributed by atoms with van der Waals surface area (Å²) in [7, 11) is -3.13. The van der Waals surface area contributed by atoms with Gasteiger partial charge in [0.1, 0.15) is 0 Å². The number of nitrogens with zero attached hydrogens (tertiary/aromatic N) is 1. The number of anilines is 1. The Kier molecular flexibility index (Phi) is 4.99. The molecule has 1 heterocycles. The first-order chi connectivity index (χ1) is 9.38. The molecule has 1 fully saturated rings. The summed E-state index contributed by atoms with van der Waals surface area (Å²) in [6, 6.07) is 7.65. The average Bonchev–Trinajstić information content (AvgIpc) is 2.72. The fourth-order valence-electron chi connectivity index (χ4n) is 2.60. The van der Waals surface area contributed by atoms with Crippen LogP contribution in [0.4, 0.5) is 5.69 Å². The summed E-state index contributed by atoms with van der Waals surface area (Å²) in [5.41, 5.74) is 6.35. The Morgan fingerprint density at radius 1 is 1.30 bits per heavy atom. The topological polar surface area (TPSA) is 63.4 Å². The summed E-state index contributed by atoms with van der Waals surface area (Å²) in [5.74, 6) is 1.23. The van der Waals surface area contributed by atoms with Crippen molar-refractivity contribution < 1.29 is 8.42 Å². The van der Waals surface area contributed by atoms with Crippen molar-refractivity contribution in [2.45, 2.75) is 31.2 Å². The van der Waals surface area contributed by atoms with E-state index in [1.54, 1.807) is 16.1 Å². The van der Waals surface area contributed by atoms with Crippen LogP contribution >= 0.6 is 11.8 Å². The maximum atomic E-state index is 12.3. The number of benzene rings is 1. The average molecular weight is 314 g/mol. The zero-order chi connectivity index (χ0) is 14.8. The molecule has 0 aromatic heterocycles. The number of hydrogen-bond acceptors (Lipinski definition) is 4. The summed E-state index contributed by atoms with van der Waals surface area (Å²) >= 11 is 1.56. The maximum absolute atomic E-state index is 12.3. The molecule has 0 saturated carbocycles. The second kappa shape index (κ2) is 6.37. The molecule has 20 heavy (non-hydrogen) atoms. The SMILES string of the molecule is CC1CC(C)N(S(=O)(=O)CCSc2ccc(N)cc2)C1. The van der Waals surface area contributed by atoms with Crippen LogP contribution in [0, 0.1) is 5.92 Å². The van der Waals surface area contributed by atoms with Gasteiger partial charge < -0.3 is 5.73 Å². The minimum absolute atomic E-state index is 0.136. The van der Waals surface area contributed by atoms with Gasteiger partial charge in [0.25, 0.3) is 0 Å². The molecule has 2 atom stereocenters. The normalized spacial score (nSPS) is 24.1. The van der Waals surface area contributed by atoms with Crippen molar-refractivity contribution in [3.05, 3.63) is 24.3 Å². The van der Waals surface area contributed by atoms with E-state index in [1.165, 1.54) is 0 Å². The fourth-order valence-corrected chi connectivity index (χ4v) is 5.69. The Hall–Kier alpha value is -0.720. The highest BCUT2D eigenvalue weighted by molar-refractivity contribution is 8.00. The number of sulfonamides is 1. The van der Waals surface area contributed by atoms with E-state index in [1.807, 2.05) is 31.2 Å². The van der Waals surface area contributed by atoms with Crippen molar-refractivity contribution in [3.63, 3.8) is 0 Å². The van der Waals surface area contributed by atoms with Gasteiger partial charge in [-0.1, -0.05) is 6.92 Å². The largest absolute Gasteiger partial charge is 0.399 e. The molecule has 2 N–H and O–H groups in total. The highest BCUT2D eigenvalue weighted by Crippen LogP contribution is 2.26. The number of nitrogen functional groups attached to an aromatic ring is 1. The van der Waals surface area contributed by atoms with Gasteiger partial charge in [0, 0.05) is 28.9 Å². The van der Waals surface area contributed by atoms with Crippen molar-refractivity contribution in [3.8, 4) is 0 Å². The smallest absolute Gasteiger partial charge is 0.215 e. The number of nitrogens with two attached hydrogens (primary N) is 1. The highest BCUT2D eigenvalue weighted by atomic mass is 32.2. The summed E-state index contributed by atoms with van der Waals surface area (Å²) in [6.45, 7) is 4.76. The van der Waals surface area contributed by atoms with Gasteiger partial charge in [0.15, 0.2) is 0 Å². The lowest BCUT2D eigenvalue weighted by molar-refractivity contribution is 0.406. The van der Waals surface area contributed by atoms with Gasteiger partial charge in [-0.3, -0.25) is 0 Å². The van der Waals surface area contributed by atoms with E-state index < -0.39 is 10.0 Å². The lowest BCUT2D eigenvalue weighted by Gasteiger charge is -2.20. The van der Waals surface area contributed by atoms with Gasteiger partial charge in [0.05, 0.1) is 5.75 Å². The molecule has 1 aromatic rings. The van der Waals surface area contributed by atoms with E-state index in [4.69, 9.17) is 5.73 Å². The first-order valence-corrected chi connectivity index (χ1v) is 9.46. The predicted molar refractivity (Wildman–Crippen MR) is 85.3 cm³/mol. The third kappa shape index (κ3) is 3.90. The second-order valence-corrected chi connectivity index (χ2v) is 8.70. The van der Waals surface area contributed by atoms with Gasteiger partial charge in [-0.2, -0.15) is 4.31 Å². The molecule has 1 aliphatic rings. The number of rotatable bonds is 5. The van der Waals surface area contributed by atoms with Crippen molar-refractivity contribution in [1.82, 2.24) is 4.31 Å². The second-order valence-electron chi connectivity index (χ2n) is 5.49. The van der Waals surface area contributed by atoms with Gasteiger partial charge in [0.2, 0.25) is 10.0 Å². The van der Waals surface area contributed by atoms with Crippen LogP contribution in [0.3, 0.4) is 0 Å². The number of thioether (sulfide) groups is 1. The van der Waals surface area contributed by atoms with Crippen molar-refractivity contribution in [2.75, 3.05) is 23.8 Å². The standard InChI is InChI=1S/C14H22N2O2S2/c1-11-9-12(2)16(10-11)20(17,18)8-7-19-14-5-3-13(15)4-6-14/h3-6,11-12H,7-10,15H2,1-2H3. The van der Waals surface area contributed by atoms with Gasteiger partial charge in [-0.05, 0) is 43.5 Å². The molecule has 0 bridgehead atoms. The lowest BCUT2D eigenvalue weighted by Crippen LogP contribution is -2.36. The third-order valence-corrected chi connectivity index (χ3v) is 6.79. The molecule has 0 radical (unpaired) electrons. The van der Waals surface area contributed by atoms with Crippen LogP contribution in [0.2, 0.25) is 0 Å². The van der Waals surface area contributed by atoms with Crippen LogP contribution in [0.15, 0.2) is 29.2 Å². The molecule has 1 aromatic carbocycles. The van der Waals surface area contributed by atoms with E-state index >= 15 is 0 Å². The van der Waals surface area contributed by atoms with Crippen LogP contribution in [-0.2, 0) is 10.0 Å². The predicted octanol–water partition coefficient (Wildman–Crippen LogP) is 2.42.